The van der Waals surface area contributed by atoms with Crippen LogP contribution in [0.3, 0.4) is 0 Å². The molecular weight excluding hydrogens is 200 g/mol. The lowest BCUT2D eigenvalue weighted by molar-refractivity contribution is -0.127. The van der Waals surface area contributed by atoms with Gasteiger partial charge in [-0.2, -0.15) is 0 Å². The number of benzene rings is 1. The van der Waals surface area contributed by atoms with Crippen LogP contribution in [0.15, 0.2) is 18.2 Å². The summed E-state index contributed by atoms with van der Waals surface area (Å²) < 4.78 is 26.3. The van der Waals surface area contributed by atoms with E-state index in [2.05, 4.69) is 0 Å². The van der Waals surface area contributed by atoms with Gasteiger partial charge in [0.15, 0.2) is 0 Å². The number of carbonyl (C=O) groups excluding carboxylic acids is 1. The number of halogens is 2. The fraction of sp³-hybridized carbons (Fsp3) is 0.364. The van der Waals surface area contributed by atoms with Crippen LogP contribution in [0.4, 0.5) is 8.78 Å². The van der Waals surface area contributed by atoms with Gasteiger partial charge in [0.05, 0.1) is 5.92 Å². The van der Waals surface area contributed by atoms with E-state index in [1.807, 2.05) is 0 Å². The predicted molar refractivity (Wildman–Crippen MR) is 51.4 cm³/mol. The topological polar surface area (TPSA) is 20.3 Å². The van der Waals surface area contributed by atoms with E-state index in [-0.39, 0.29) is 11.5 Å². The number of nitrogens with zero attached hydrogens (tertiary/aromatic N) is 1. The number of likely N-dealkylation sites (N-methyl/N-ethyl adjacent to an activating group) is 1. The average molecular weight is 211 g/mol. The molecule has 0 N–H and O–H groups in total. The van der Waals surface area contributed by atoms with E-state index < -0.39 is 17.6 Å². The summed E-state index contributed by atoms with van der Waals surface area (Å²) in [6.45, 7) is 0.597. The molecular formula is C11H11F2NO. The summed E-state index contributed by atoms with van der Waals surface area (Å²) in [7, 11) is 1.67. The van der Waals surface area contributed by atoms with Gasteiger partial charge in [-0.25, -0.2) is 8.78 Å². The molecule has 0 radical (unpaired) electrons. The Morgan fingerprint density at radius 1 is 1.40 bits per heavy atom. The van der Waals surface area contributed by atoms with Gasteiger partial charge in [-0.05, 0) is 24.6 Å². The van der Waals surface area contributed by atoms with Crippen LogP contribution < -0.4 is 0 Å². The quantitative estimate of drug-likeness (QED) is 0.694. The highest BCUT2D eigenvalue weighted by Gasteiger charge is 2.32. The smallest absolute Gasteiger partial charge is 0.230 e. The van der Waals surface area contributed by atoms with Gasteiger partial charge in [0.2, 0.25) is 5.91 Å². The molecule has 1 fully saturated rings. The number of amides is 1. The third-order valence-corrected chi connectivity index (χ3v) is 2.76. The first-order chi connectivity index (χ1) is 7.09. The van der Waals surface area contributed by atoms with Crippen molar-refractivity contribution in [3.05, 3.63) is 35.4 Å². The Hall–Kier alpha value is -1.45. The zero-order chi connectivity index (χ0) is 11.0. The van der Waals surface area contributed by atoms with E-state index in [4.69, 9.17) is 0 Å². The van der Waals surface area contributed by atoms with Crippen molar-refractivity contribution >= 4 is 5.91 Å². The molecule has 4 heteroatoms. The van der Waals surface area contributed by atoms with E-state index in [9.17, 15) is 13.6 Å². The molecule has 2 nitrogen and oxygen atoms in total. The van der Waals surface area contributed by atoms with Crippen LogP contribution in [-0.2, 0) is 4.79 Å². The highest BCUT2D eigenvalue weighted by Crippen LogP contribution is 2.29. The summed E-state index contributed by atoms with van der Waals surface area (Å²) >= 11 is 0. The van der Waals surface area contributed by atoms with Gasteiger partial charge in [-0.15, -0.1) is 0 Å². The monoisotopic (exact) mass is 211 g/mol. The maximum absolute atomic E-state index is 13.4. The first-order valence-electron chi connectivity index (χ1n) is 4.79. The molecule has 1 amide bonds. The zero-order valence-electron chi connectivity index (χ0n) is 8.34. The standard InChI is InChI=1S/C11H11F2NO/c1-14-5-4-8(11(14)15)9-6-7(12)2-3-10(9)13/h2-3,6,8H,4-5H2,1H3. The number of hydrogen-bond acceptors (Lipinski definition) is 1. The molecule has 15 heavy (non-hydrogen) atoms. The fourth-order valence-electron chi connectivity index (χ4n) is 1.89. The summed E-state index contributed by atoms with van der Waals surface area (Å²) in [5, 5.41) is 0. The lowest BCUT2D eigenvalue weighted by atomic mass is 9.97. The Labute approximate surface area is 86.5 Å². The van der Waals surface area contributed by atoms with Gasteiger partial charge < -0.3 is 4.90 Å². The normalized spacial score (nSPS) is 21.1. The summed E-state index contributed by atoms with van der Waals surface area (Å²) in [6, 6.07) is 3.23. The van der Waals surface area contributed by atoms with Crippen molar-refractivity contribution in [1.29, 1.82) is 0 Å². The number of rotatable bonds is 1. The lowest BCUT2D eigenvalue weighted by Gasteiger charge is -2.11. The van der Waals surface area contributed by atoms with Crippen molar-refractivity contribution in [3.63, 3.8) is 0 Å². The molecule has 1 aromatic rings. The Bertz CT molecular complexity index is 406. The molecule has 0 aromatic heterocycles. The first kappa shape index (κ1) is 10.1. The molecule has 1 unspecified atom stereocenters. The van der Waals surface area contributed by atoms with Crippen LogP contribution in [0, 0.1) is 11.6 Å². The second-order valence-electron chi connectivity index (χ2n) is 3.77. The molecule has 1 aliphatic heterocycles. The van der Waals surface area contributed by atoms with Crippen molar-refractivity contribution in [3.8, 4) is 0 Å². The van der Waals surface area contributed by atoms with Crippen LogP contribution in [0.2, 0.25) is 0 Å². The molecule has 80 valence electrons. The largest absolute Gasteiger partial charge is 0.345 e. The third kappa shape index (κ3) is 1.71. The summed E-state index contributed by atoms with van der Waals surface area (Å²) in [4.78, 5) is 13.1. The number of hydrogen-bond donors (Lipinski definition) is 0. The van der Waals surface area contributed by atoms with Gasteiger partial charge in [-0.3, -0.25) is 4.79 Å². The minimum absolute atomic E-state index is 0.139. The molecule has 0 spiro atoms. The van der Waals surface area contributed by atoms with Crippen LogP contribution >= 0.6 is 0 Å². The minimum atomic E-state index is -0.523. The molecule has 0 saturated carbocycles. The van der Waals surface area contributed by atoms with Crippen LogP contribution in [0.25, 0.3) is 0 Å². The molecule has 0 aliphatic carbocycles. The Balaban J connectivity index is 2.37. The summed E-state index contributed by atoms with van der Waals surface area (Å²) in [6.07, 6.45) is 0.551. The van der Waals surface area contributed by atoms with Gasteiger partial charge in [0.1, 0.15) is 11.6 Å². The third-order valence-electron chi connectivity index (χ3n) is 2.76. The lowest BCUT2D eigenvalue weighted by Crippen LogP contribution is -2.22. The molecule has 1 atom stereocenters. The molecule has 0 bridgehead atoms. The van der Waals surface area contributed by atoms with Gasteiger partial charge in [0, 0.05) is 19.2 Å². The van der Waals surface area contributed by atoms with E-state index in [0.29, 0.717) is 13.0 Å². The molecule has 1 aliphatic rings. The maximum atomic E-state index is 13.4. The number of likely N-dealkylation sites (tertiary alicyclic amines) is 1. The van der Waals surface area contributed by atoms with E-state index >= 15 is 0 Å². The van der Waals surface area contributed by atoms with E-state index in [1.54, 1.807) is 7.05 Å². The van der Waals surface area contributed by atoms with Crippen molar-refractivity contribution < 1.29 is 13.6 Å². The molecule has 1 heterocycles. The molecule has 1 aromatic carbocycles. The van der Waals surface area contributed by atoms with Gasteiger partial charge in [0.25, 0.3) is 0 Å². The number of carbonyl (C=O) groups is 1. The van der Waals surface area contributed by atoms with Crippen LogP contribution in [0.5, 0.6) is 0 Å². The van der Waals surface area contributed by atoms with E-state index in [0.717, 1.165) is 18.2 Å². The van der Waals surface area contributed by atoms with Crippen molar-refractivity contribution in [1.82, 2.24) is 4.90 Å². The predicted octanol–water partition coefficient (Wildman–Crippen LogP) is 1.91. The minimum Gasteiger partial charge on any atom is -0.345 e. The maximum Gasteiger partial charge on any atom is 0.230 e. The molecule has 2 rings (SSSR count). The second kappa shape index (κ2) is 3.61. The summed E-state index contributed by atoms with van der Waals surface area (Å²) in [5.41, 5.74) is 0.171. The molecule has 1 saturated heterocycles. The van der Waals surface area contributed by atoms with Crippen LogP contribution in [-0.4, -0.2) is 24.4 Å². The Morgan fingerprint density at radius 3 is 2.73 bits per heavy atom. The average Bonchev–Trinajstić information content (AvgIpc) is 2.52. The Kier molecular flexibility index (Phi) is 2.42. The Morgan fingerprint density at radius 2 is 2.13 bits per heavy atom. The highest BCUT2D eigenvalue weighted by molar-refractivity contribution is 5.85. The van der Waals surface area contributed by atoms with Gasteiger partial charge >= 0.3 is 0 Å². The SMILES string of the molecule is CN1CCC(c2cc(F)ccc2F)C1=O. The van der Waals surface area contributed by atoms with E-state index in [1.165, 1.54) is 4.90 Å². The van der Waals surface area contributed by atoms with Crippen LogP contribution in [0.1, 0.15) is 17.9 Å². The van der Waals surface area contributed by atoms with Crippen molar-refractivity contribution in [2.75, 3.05) is 13.6 Å². The first-order valence-corrected chi connectivity index (χ1v) is 4.79. The van der Waals surface area contributed by atoms with Crippen molar-refractivity contribution in [2.24, 2.45) is 0 Å². The second-order valence-corrected chi connectivity index (χ2v) is 3.77. The highest BCUT2D eigenvalue weighted by atomic mass is 19.1. The zero-order valence-corrected chi connectivity index (χ0v) is 8.34. The summed E-state index contributed by atoms with van der Waals surface area (Å²) in [5.74, 6) is -1.68. The van der Waals surface area contributed by atoms with Gasteiger partial charge in [-0.1, -0.05) is 0 Å². The fourth-order valence-corrected chi connectivity index (χ4v) is 1.89. The van der Waals surface area contributed by atoms with Crippen molar-refractivity contribution in [2.45, 2.75) is 12.3 Å².